The van der Waals surface area contributed by atoms with E-state index in [-0.39, 0.29) is 11.4 Å². The lowest BCUT2D eigenvalue weighted by atomic mass is 10.1. The first kappa shape index (κ1) is 16.1. The molecule has 19 heavy (non-hydrogen) atoms. The Labute approximate surface area is 120 Å². The van der Waals surface area contributed by atoms with Crippen LogP contribution in [0.2, 0.25) is 0 Å². The van der Waals surface area contributed by atoms with Gasteiger partial charge in [-0.25, -0.2) is 0 Å². The highest BCUT2D eigenvalue weighted by atomic mass is 32.2. The van der Waals surface area contributed by atoms with E-state index < -0.39 is 0 Å². The Morgan fingerprint density at radius 1 is 1.32 bits per heavy atom. The number of carbonyl (C=O) groups is 1. The van der Waals surface area contributed by atoms with Crippen LogP contribution < -0.4 is 11.1 Å². The number of nitrogens with two attached hydrogens (primary N) is 1. The van der Waals surface area contributed by atoms with Gasteiger partial charge >= 0.3 is 0 Å². The van der Waals surface area contributed by atoms with Crippen LogP contribution in [0.1, 0.15) is 31.4 Å². The van der Waals surface area contributed by atoms with Gasteiger partial charge in [-0.1, -0.05) is 6.07 Å². The van der Waals surface area contributed by atoms with Crippen LogP contribution in [0.3, 0.4) is 0 Å². The van der Waals surface area contributed by atoms with Crippen LogP contribution in [0.15, 0.2) is 23.1 Å². The molecular weight excluding hydrogens is 256 g/mol. The van der Waals surface area contributed by atoms with E-state index in [2.05, 4.69) is 37.4 Å². The van der Waals surface area contributed by atoms with Crippen LogP contribution in [0.5, 0.6) is 0 Å². The van der Waals surface area contributed by atoms with Gasteiger partial charge in [0.05, 0.1) is 0 Å². The number of benzene rings is 1. The average molecular weight is 280 g/mol. The maximum absolute atomic E-state index is 11.6. The van der Waals surface area contributed by atoms with E-state index in [1.54, 1.807) is 11.8 Å². The number of hydrogen-bond donors (Lipinski definition) is 2. The molecule has 0 aliphatic rings. The standard InChI is InChI=1S/C15H24N2OS/c1-11-5-6-13(9-12(11)2)19-8-7-14(18)17-10-15(3,4)16/h5-6,9H,7-8,10,16H2,1-4H3,(H,17,18). The summed E-state index contributed by atoms with van der Waals surface area (Å²) in [4.78, 5) is 12.8. The number of aryl methyl sites for hydroxylation is 2. The van der Waals surface area contributed by atoms with Crippen molar-refractivity contribution in [3.63, 3.8) is 0 Å². The highest BCUT2D eigenvalue weighted by molar-refractivity contribution is 7.99. The van der Waals surface area contributed by atoms with Crippen molar-refractivity contribution in [2.75, 3.05) is 12.3 Å². The summed E-state index contributed by atoms with van der Waals surface area (Å²) in [6, 6.07) is 6.39. The van der Waals surface area contributed by atoms with Crippen LogP contribution in [0.4, 0.5) is 0 Å². The van der Waals surface area contributed by atoms with Gasteiger partial charge in [-0.3, -0.25) is 4.79 Å². The smallest absolute Gasteiger partial charge is 0.220 e. The molecule has 3 nitrogen and oxygen atoms in total. The van der Waals surface area contributed by atoms with Crippen molar-refractivity contribution in [2.45, 2.75) is 44.6 Å². The van der Waals surface area contributed by atoms with Crippen LogP contribution in [-0.2, 0) is 4.79 Å². The molecule has 0 aromatic heterocycles. The monoisotopic (exact) mass is 280 g/mol. The van der Waals surface area contributed by atoms with Gasteiger partial charge in [-0.05, 0) is 51.0 Å². The van der Waals surface area contributed by atoms with E-state index in [1.165, 1.54) is 16.0 Å². The number of nitrogens with one attached hydrogen (secondary N) is 1. The fraction of sp³-hybridized carbons (Fsp3) is 0.533. The quantitative estimate of drug-likeness (QED) is 0.788. The minimum absolute atomic E-state index is 0.0647. The molecule has 3 N–H and O–H groups in total. The van der Waals surface area contributed by atoms with Gasteiger partial charge in [0.25, 0.3) is 0 Å². The summed E-state index contributed by atoms with van der Waals surface area (Å²) in [5.41, 5.74) is 8.05. The maximum Gasteiger partial charge on any atom is 0.220 e. The van der Waals surface area contributed by atoms with Gasteiger partial charge in [0.15, 0.2) is 0 Å². The molecule has 0 atom stereocenters. The van der Waals surface area contributed by atoms with Crippen LogP contribution in [-0.4, -0.2) is 23.7 Å². The van der Waals surface area contributed by atoms with Crippen LogP contribution >= 0.6 is 11.8 Å². The normalized spacial score (nSPS) is 11.4. The van der Waals surface area contributed by atoms with Crippen molar-refractivity contribution >= 4 is 17.7 Å². The van der Waals surface area contributed by atoms with Crippen molar-refractivity contribution in [2.24, 2.45) is 5.73 Å². The molecule has 0 heterocycles. The molecule has 0 aliphatic carbocycles. The van der Waals surface area contributed by atoms with E-state index in [1.807, 2.05) is 13.8 Å². The zero-order valence-electron chi connectivity index (χ0n) is 12.2. The first-order valence-electron chi connectivity index (χ1n) is 6.53. The Hall–Kier alpha value is -1.00. The largest absolute Gasteiger partial charge is 0.354 e. The molecule has 1 aromatic carbocycles. The molecule has 0 saturated heterocycles. The molecule has 0 unspecified atom stereocenters. The molecule has 0 bridgehead atoms. The maximum atomic E-state index is 11.6. The van der Waals surface area contributed by atoms with E-state index in [0.29, 0.717) is 13.0 Å². The predicted octanol–water partition coefficient (Wildman–Crippen LogP) is 2.64. The third-order valence-corrected chi connectivity index (χ3v) is 3.81. The Kier molecular flexibility index (Phi) is 5.88. The number of rotatable bonds is 6. The molecule has 4 heteroatoms. The minimum atomic E-state index is -0.350. The van der Waals surface area contributed by atoms with Crippen molar-refractivity contribution in [1.82, 2.24) is 5.32 Å². The number of amides is 1. The molecule has 106 valence electrons. The van der Waals surface area contributed by atoms with E-state index >= 15 is 0 Å². The molecule has 1 amide bonds. The number of carbonyl (C=O) groups excluding carboxylic acids is 1. The zero-order chi connectivity index (χ0) is 14.5. The molecule has 0 saturated carbocycles. The molecule has 1 rings (SSSR count). The topological polar surface area (TPSA) is 55.1 Å². The fourth-order valence-electron chi connectivity index (χ4n) is 1.48. The third-order valence-electron chi connectivity index (χ3n) is 2.82. The van der Waals surface area contributed by atoms with Crippen LogP contribution in [0, 0.1) is 13.8 Å². The van der Waals surface area contributed by atoms with Crippen LogP contribution in [0.25, 0.3) is 0 Å². The van der Waals surface area contributed by atoms with Gasteiger partial charge in [0, 0.05) is 29.2 Å². The predicted molar refractivity (Wildman–Crippen MR) is 82.5 cm³/mol. The van der Waals surface area contributed by atoms with Crippen molar-refractivity contribution in [3.05, 3.63) is 29.3 Å². The molecular formula is C15H24N2OS. The van der Waals surface area contributed by atoms with Gasteiger partial charge in [0.1, 0.15) is 0 Å². The SMILES string of the molecule is Cc1ccc(SCCC(=O)NCC(C)(C)N)cc1C. The lowest BCUT2D eigenvalue weighted by Crippen LogP contribution is -2.45. The second-order valence-corrected chi connectivity index (χ2v) is 6.78. The van der Waals surface area contributed by atoms with Crippen molar-refractivity contribution < 1.29 is 4.79 Å². The Balaban J connectivity index is 2.30. The Morgan fingerprint density at radius 2 is 2.00 bits per heavy atom. The fourth-order valence-corrected chi connectivity index (χ4v) is 2.43. The minimum Gasteiger partial charge on any atom is -0.354 e. The van der Waals surface area contributed by atoms with Gasteiger partial charge < -0.3 is 11.1 Å². The summed E-state index contributed by atoms with van der Waals surface area (Å²) in [6.45, 7) is 8.52. The molecule has 0 radical (unpaired) electrons. The number of thioether (sulfide) groups is 1. The summed E-state index contributed by atoms with van der Waals surface area (Å²) in [6.07, 6.45) is 0.521. The first-order chi connectivity index (χ1) is 8.78. The van der Waals surface area contributed by atoms with Gasteiger partial charge in [-0.2, -0.15) is 0 Å². The number of hydrogen-bond acceptors (Lipinski definition) is 3. The zero-order valence-corrected chi connectivity index (χ0v) is 13.1. The second kappa shape index (κ2) is 6.96. The van der Waals surface area contributed by atoms with Crippen molar-refractivity contribution in [1.29, 1.82) is 0 Å². The summed E-state index contributed by atoms with van der Waals surface area (Å²) >= 11 is 1.71. The summed E-state index contributed by atoms with van der Waals surface area (Å²) in [5, 5.41) is 2.85. The van der Waals surface area contributed by atoms with Gasteiger partial charge in [-0.15, -0.1) is 11.8 Å². The summed E-state index contributed by atoms with van der Waals surface area (Å²) in [5.74, 6) is 0.856. The van der Waals surface area contributed by atoms with Gasteiger partial charge in [0.2, 0.25) is 5.91 Å². The first-order valence-corrected chi connectivity index (χ1v) is 7.52. The van der Waals surface area contributed by atoms with E-state index in [0.717, 1.165) is 5.75 Å². The van der Waals surface area contributed by atoms with E-state index in [4.69, 9.17) is 5.73 Å². The lowest BCUT2D eigenvalue weighted by Gasteiger charge is -2.18. The molecule has 0 spiro atoms. The van der Waals surface area contributed by atoms with E-state index in [9.17, 15) is 4.79 Å². The average Bonchev–Trinajstić information content (AvgIpc) is 2.30. The third kappa shape index (κ3) is 6.64. The highest BCUT2D eigenvalue weighted by Crippen LogP contribution is 2.21. The molecule has 1 aromatic rings. The van der Waals surface area contributed by atoms with Crippen molar-refractivity contribution in [3.8, 4) is 0 Å². The summed E-state index contributed by atoms with van der Waals surface area (Å²) < 4.78 is 0. The molecule has 0 fully saturated rings. The Bertz CT molecular complexity index is 438. The highest BCUT2D eigenvalue weighted by Gasteiger charge is 2.11. The second-order valence-electron chi connectivity index (χ2n) is 5.61. The molecule has 0 aliphatic heterocycles. The lowest BCUT2D eigenvalue weighted by molar-refractivity contribution is -0.120. The Morgan fingerprint density at radius 3 is 2.58 bits per heavy atom. The summed E-state index contributed by atoms with van der Waals surface area (Å²) in [7, 11) is 0.